The normalized spacial score (nSPS) is 10.2. The molecular formula is C19H20Cl2N2O4. The number of carbonyl (C=O) groups excluding carboxylic acids is 2. The van der Waals surface area contributed by atoms with E-state index in [9.17, 15) is 9.59 Å². The van der Waals surface area contributed by atoms with E-state index >= 15 is 0 Å². The van der Waals surface area contributed by atoms with E-state index in [1.54, 1.807) is 24.3 Å². The topological polar surface area (TPSA) is 76.7 Å². The van der Waals surface area contributed by atoms with Gasteiger partial charge in [0.05, 0.1) is 5.02 Å². The molecule has 0 aliphatic heterocycles. The van der Waals surface area contributed by atoms with Gasteiger partial charge < -0.3 is 9.47 Å². The molecule has 0 aromatic heterocycles. The van der Waals surface area contributed by atoms with Gasteiger partial charge in [0.25, 0.3) is 11.8 Å². The molecule has 0 saturated carbocycles. The number of nitrogens with one attached hydrogen (secondary N) is 2. The first-order valence-corrected chi connectivity index (χ1v) is 9.10. The molecule has 0 unspecified atom stereocenters. The number of halogens is 2. The Labute approximate surface area is 167 Å². The number of rotatable bonds is 8. The number of amides is 2. The molecule has 0 atom stereocenters. The van der Waals surface area contributed by atoms with Crippen molar-refractivity contribution in [2.45, 2.75) is 19.8 Å². The van der Waals surface area contributed by atoms with Crippen molar-refractivity contribution in [2.24, 2.45) is 0 Å². The van der Waals surface area contributed by atoms with Crippen LogP contribution in [0.2, 0.25) is 10.0 Å². The van der Waals surface area contributed by atoms with E-state index in [0.29, 0.717) is 15.8 Å². The van der Waals surface area contributed by atoms with Crippen LogP contribution < -0.4 is 20.3 Å². The van der Waals surface area contributed by atoms with Crippen molar-refractivity contribution in [3.8, 4) is 11.5 Å². The van der Waals surface area contributed by atoms with Gasteiger partial charge in [0.15, 0.2) is 13.2 Å². The van der Waals surface area contributed by atoms with E-state index in [2.05, 4.69) is 17.8 Å². The first kappa shape index (κ1) is 20.9. The van der Waals surface area contributed by atoms with Crippen LogP contribution in [0.1, 0.15) is 18.9 Å². The molecule has 2 amide bonds. The molecule has 2 rings (SSSR count). The summed E-state index contributed by atoms with van der Waals surface area (Å²) in [6.45, 7) is 1.55. The average Bonchev–Trinajstić information content (AvgIpc) is 2.66. The Balaban J connectivity index is 1.68. The van der Waals surface area contributed by atoms with Gasteiger partial charge >= 0.3 is 0 Å². The second-order valence-corrected chi connectivity index (χ2v) is 6.49. The van der Waals surface area contributed by atoms with Crippen molar-refractivity contribution in [3.05, 3.63) is 58.1 Å². The molecule has 2 aromatic rings. The molecule has 8 heteroatoms. The number of ether oxygens (including phenoxy) is 2. The summed E-state index contributed by atoms with van der Waals surface area (Å²) in [6, 6.07) is 12.2. The molecule has 0 bridgehead atoms. The smallest absolute Gasteiger partial charge is 0.276 e. The van der Waals surface area contributed by atoms with E-state index in [4.69, 9.17) is 32.7 Å². The predicted octanol–water partition coefficient (Wildman–Crippen LogP) is 3.55. The summed E-state index contributed by atoms with van der Waals surface area (Å²) < 4.78 is 10.6. The van der Waals surface area contributed by atoms with Gasteiger partial charge in [-0.15, -0.1) is 0 Å². The minimum absolute atomic E-state index is 0.228. The Kier molecular flexibility index (Phi) is 8.23. The standard InChI is InChI=1S/C19H20Cl2N2O4/c1-2-3-13-4-7-15(8-5-13)26-11-18(24)22-23-19(25)12-27-17-10-14(20)6-9-16(17)21/h4-10H,2-3,11-12H2,1H3,(H,22,24)(H,23,25). The Morgan fingerprint density at radius 3 is 2.19 bits per heavy atom. The van der Waals surface area contributed by atoms with Gasteiger partial charge in [-0.2, -0.15) is 0 Å². The van der Waals surface area contributed by atoms with Crippen molar-refractivity contribution >= 4 is 35.0 Å². The van der Waals surface area contributed by atoms with Crippen LogP contribution in [0.15, 0.2) is 42.5 Å². The zero-order valence-corrected chi connectivity index (χ0v) is 16.3. The third-order valence-corrected chi connectivity index (χ3v) is 3.97. The average molecular weight is 411 g/mol. The van der Waals surface area contributed by atoms with Crippen LogP contribution in [-0.4, -0.2) is 25.0 Å². The molecule has 2 aromatic carbocycles. The molecule has 2 N–H and O–H groups in total. The fourth-order valence-electron chi connectivity index (χ4n) is 2.13. The zero-order valence-electron chi connectivity index (χ0n) is 14.8. The number of aryl methyl sites for hydroxylation is 1. The van der Waals surface area contributed by atoms with Gasteiger partial charge in [0.1, 0.15) is 11.5 Å². The van der Waals surface area contributed by atoms with Crippen molar-refractivity contribution in [1.82, 2.24) is 10.9 Å². The molecule has 0 spiro atoms. The van der Waals surface area contributed by atoms with E-state index in [1.807, 2.05) is 12.1 Å². The van der Waals surface area contributed by atoms with Crippen molar-refractivity contribution in [2.75, 3.05) is 13.2 Å². The summed E-state index contributed by atoms with van der Waals surface area (Å²) in [5.74, 6) is -0.194. The molecule has 6 nitrogen and oxygen atoms in total. The van der Waals surface area contributed by atoms with Crippen LogP contribution in [-0.2, 0) is 16.0 Å². The lowest BCUT2D eigenvalue weighted by Gasteiger charge is -2.11. The molecule has 27 heavy (non-hydrogen) atoms. The number of hydrogen-bond acceptors (Lipinski definition) is 4. The van der Waals surface area contributed by atoms with E-state index in [0.717, 1.165) is 12.8 Å². The number of hydrogen-bond donors (Lipinski definition) is 2. The lowest BCUT2D eigenvalue weighted by molar-refractivity contribution is -0.131. The zero-order chi connectivity index (χ0) is 19.6. The summed E-state index contributed by atoms with van der Waals surface area (Å²) in [6.07, 6.45) is 2.06. The van der Waals surface area contributed by atoms with Crippen LogP contribution in [0.25, 0.3) is 0 Å². The predicted molar refractivity (Wildman–Crippen MR) is 104 cm³/mol. The maximum absolute atomic E-state index is 11.7. The highest BCUT2D eigenvalue weighted by molar-refractivity contribution is 6.34. The van der Waals surface area contributed by atoms with E-state index in [-0.39, 0.29) is 19.0 Å². The summed E-state index contributed by atoms with van der Waals surface area (Å²) in [4.78, 5) is 23.5. The second kappa shape index (κ2) is 10.6. The first-order valence-electron chi connectivity index (χ1n) is 8.35. The maximum atomic E-state index is 11.7. The van der Waals surface area contributed by atoms with Crippen molar-refractivity contribution in [3.63, 3.8) is 0 Å². The van der Waals surface area contributed by atoms with Gasteiger partial charge in [0.2, 0.25) is 0 Å². The monoisotopic (exact) mass is 410 g/mol. The lowest BCUT2D eigenvalue weighted by Crippen LogP contribution is -2.45. The highest BCUT2D eigenvalue weighted by atomic mass is 35.5. The van der Waals surface area contributed by atoms with Gasteiger partial charge in [-0.25, -0.2) is 0 Å². The van der Waals surface area contributed by atoms with Gasteiger partial charge in [-0.05, 0) is 36.2 Å². The SMILES string of the molecule is CCCc1ccc(OCC(=O)NNC(=O)COc2cc(Cl)ccc2Cl)cc1. The number of hydrazine groups is 1. The summed E-state index contributed by atoms with van der Waals surface area (Å²) in [5, 5.41) is 0.762. The minimum Gasteiger partial charge on any atom is -0.484 e. The molecule has 0 fully saturated rings. The van der Waals surface area contributed by atoms with Crippen LogP contribution in [0, 0.1) is 0 Å². The highest BCUT2D eigenvalue weighted by Crippen LogP contribution is 2.27. The Hall–Kier alpha value is -2.44. The summed E-state index contributed by atoms with van der Waals surface area (Å²) >= 11 is 11.8. The van der Waals surface area contributed by atoms with Crippen LogP contribution in [0.5, 0.6) is 11.5 Å². The van der Waals surface area contributed by atoms with E-state index in [1.165, 1.54) is 11.6 Å². The highest BCUT2D eigenvalue weighted by Gasteiger charge is 2.09. The van der Waals surface area contributed by atoms with Gasteiger partial charge in [0, 0.05) is 11.1 Å². The fourth-order valence-corrected chi connectivity index (χ4v) is 2.47. The molecule has 0 heterocycles. The van der Waals surface area contributed by atoms with Crippen molar-refractivity contribution in [1.29, 1.82) is 0 Å². The summed E-state index contributed by atoms with van der Waals surface area (Å²) in [5.41, 5.74) is 5.68. The lowest BCUT2D eigenvalue weighted by atomic mass is 10.1. The minimum atomic E-state index is -0.552. The summed E-state index contributed by atoms with van der Waals surface area (Å²) in [7, 11) is 0. The van der Waals surface area contributed by atoms with Crippen LogP contribution in [0.3, 0.4) is 0 Å². The number of carbonyl (C=O) groups is 2. The largest absolute Gasteiger partial charge is 0.484 e. The quantitative estimate of drug-likeness (QED) is 0.652. The molecule has 144 valence electrons. The molecular weight excluding hydrogens is 391 g/mol. The second-order valence-electron chi connectivity index (χ2n) is 5.64. The van der Waals surface area contributed by atoms with E-state index < -0.39 is 11.8 Å². The molecule has 0 saturated heterocycles. The fraction of sp³-hybridized carbons (Fsp3) is 0.263. The molecule has 0 radical (unpaired) electrons. The Bertz CT molecular complexity index is 782. The van der Waals surface area contributed by atoms with Crippen LogP contribution in [0.4, 0.5) is 0 Å². The van der Waals surface area contributed by atoms with Gasteiger partial charge in [-0.1, -0.05) is 48.7 Å². The van der Waals surface area contributed by atoms with Crippen LogP contribution >= 0.6 is 23.2 Å². The first-order chi connectivity index (χ1) is 13.0. The third kappa shape index (κ3) is 7.37. The Morgan fingerprint density at radius 1 is 0.926 bits per heavy atom. The third-order valence-electron chi connectivity index (χ3n) is 3.43. The molecule has 0 aliphatic rings. The maximum Gasteiger partial charge on any atom is 0.276 e. The number of benzene rings is 2. The Morgan fingerprint density at radius 2 is 1.56 bits per heavy atom. The van der Waals surface area contributed by atoms with Gasteiger partial charge in [-0.3, -0.25) is 20.4 Å². The molecule has 0 aliphatic carbocycles. The van der Waals surface area contributed by atoms with Crippen molar-refractivity contribution < 1.29 is 19.1 Å².